The van der Waals surface area contributed by atoms with E-state index in [2.05, 4.69) is 20.4 Å². The van der Waals surface area contributed by atoms with Gasteiger partial charge in [-0.25, -0.2) is 0 Å². The lowest BCUT2D eigenvalue weighted by Crippen LogP contribution is -2.44. The Hall–Kier alpha value is -2.37. The van der Waals surface area contributed by atoms with Gasteiger partial charge in [0.1, 0.15) is 5.69 Å². The molecule has 27 heavy (non-hydrogen) atoms. The molecule has 0 bridgehead atoms. The summed E-state index contributed by atoms with van der Waals surface area (Å²) in [5.41, 5.74) is 0.737. The van der Waals surface area contributed by atoms with E-state index in [0.717, 1.165) is 56.0 Å². The number of hydrogen-bond donors (Lipinski definition) is 1. The molecule has 0 unspecified atom stereocenters. The van der Waals surface area contributed by atoms with Crippen molar-refractivity contribution in [1.82, 2.24) is 15.5 Å². The molecule has 1 saturated carbocycles. The van der Waals surface area contributed by atoms with Gasteiger partial charge >= 0.3 is 0 Å². The number of carbonyl (C=O) groups excluding carboxylic acids is 1. The summed E-state index contributed by atoms with van der Waals surface area (Å²) in [6.45, 7) is 1.69. The van der Waals surface area contributed by atoms with E-state index in [4.69, 9.17) is 4.42 Å². The molecule has 3 heterocycles. The molecular formula is C21H28N4O2. The van der Waals surface area contributed by atoms with E-state index in [-0.39, 0.29) is 11.8 Å². The van der Waals surface area contributed by atoms with Gasteiger partial charge in [0.25, 0.3) is 0 Å². The number of nitrogens with zero attached hydrogens (tertiary/aromatic N) is 3. The highest BCUT2D eigenvalue weighted by atomic mass is 16.3. The van der Waals surface area contributed by atoms with Crippen LogP contribution in [0.15, 0.2) is 34.9 Å². The first-order chi connectivity index (χ1) is 13.3. The summed E-state index contributed by atoms with van der Waals surface area (Å²) >= 11 is 0. The summed E-state index contributed by atoms with van der Waals surface area (Å²) in [5.74, 6) is 1.97. The Labute approximate surface area is 160 Å². The largest absolute Gasteiger partial charge is 0.463 e. The number of nitrogens with one attached hydrogen (secondary N) is 1. The second-order valence-corrected chi connectivity index (χ2v) is 7.71. The normalized spacial score (nSPS) is 19.6. The van der Waals surface area contributed by atoms with Crippen molar-refractivity contribution in [2.45, 2.75) is 57.4 Å². The van der Waals surface area contributed by atoms with Crippen LogP contribution in [-0.2, 0) is 4.79 Å². The van der Waals surface area contributed by atoms with Crippen LogP contribution in [0.3, 0.4) is 0 Å². The maximum atomic E-state index is 12.6. The van der Waals surface area contributed by atoms with Gasteiger partial charge in [-0.2, -0.15) is 0 Å². The van der Waals surface area contributed by atoms with Crippen molar-refractivity contribution in [2.24, 2.45) is 5.92 Å². The van der Waals surface area contributed by atoms with Gasteiger partial charge in [-0.1, -0.05) is 25.7 Å². The second kappa shape index (κ2) is 8.55. The van der Waals surface area contributed by atoms with E-state index in [1.54, 1.807) is 6.26 Å². The van der Waals surface area contributed by atoms with E-state index in [1.807, 2.05) is 24.3 Å². The van der Waals surface area contributed by atoms with Gasteiger partial charge < -0.3 is 14.6 Å². The quantitative estimate of drug-likeness (QED) is 0.831. The van der Waals surface area contributed by atoms with Crippen molar-refractivity contribution < 1.29 is 9.21 Å². The van der Waals surface area contributed by atoms with Crippen molar-refractivity contribution in [3.63, 3.8) is 0 Å². The number of carbonyl (C=O) groups is 1. The molecule has 1 aliphatic heterocycles. The van der Waals surface area contributed by atoms with Crippen LogP contribution < -0.4 is 10.2 Å². The molecular weight excluding hydrogens is 340 g/mol. The van der Waals surface area contributed by atoms with E-state index < -0.39 is 0 Å². The molecule has 1 aliphatic carbocycles. The van der Waals surface area contributed by atoms with Crippen LogP contribution in [0.1, 0.15) is 51.4 Å². The molecule has 6 nitrogen and oxygen atoms in total. The monoisotopic (exact) mass is 368 g/mol. The third-order valence-electron chi connectivity index (χ3n) is 5.82. The predicted octanol–water partition coefficient (Wildman–Crippen LogP) is 3.79. The van der Waals surface area contributed by atoms with Crippen molar-refractivity contribution in [2.75, 3.05) is 18.0 Å². The zero-order valence-corrected chi connectivity index (χ0v) is 15.8. The number of furan rings is 1. The smallest absolute Gasteiger partial charge is 0.223 e. The van der Waals surface area contributed by atoms with Crippen LogP contribution >= 0.6 is 0 Å². The van der Waals surface area contributed by atoms with Gasteiger partial charge in [-0.15, -0.1) is 10.2 Å². The van der Waals surface area contributed by atoms with Crippen LogP contribution in [0.4, 0.5) is 5.82 Å². The third-order valence-corrected chi connectivity index (χ3v) is 5.82. The predicted molar refractivity (Wildman–Crippen MR) is 104 cm³/mol. The van der Waals surface area contributed by atoms with Gasteiger partial charge in [-0.3, -0.25) is 4.79 Å². The van der Waals surface area contributed by atoms with Crippen molar-refractivity contribution in [3.8, 4) is 11.5 Å². The highest BCUT2D eigenvalue weighted by molar-refractivity contribution is 5.79. The van der Waals surface area contributed by atoms with Crippen molar-refractivity contribution in [3.05, 3.63) is 30.5 Å². The van der Waals surface area contributed by atoms with E-state index >= 15 is 0 Å². The summed E-state index contributed by atoms with van der Waals surface area (Å²) in [4.78, 5) is 14.8. The van der Waals surface area contributed by atoms with Crippen LogP contribution in [0.2, 0.25) is 0 Å². The third kappa shape index (κ3) is 4.49. The number of rotatable bonds is 4. The molecule has 0 aromatic carbocycles. The number of piperidine rings is 1. The number of amides is 1. The molecule has 1 N–H and O–H groups in total. The van der Waals surface area contributed by atoms with Crippen molar-refractivity contribution >= 4 is 11.7 Å². The van der Waals surface area contributed by atoms with Gasteiger partial charge in [0.05, 0.1) is 6.26 Å². The van der Waals surface area contributed by atoms with Gasteiger partial charge in [0, 0.05) is 25.0 Å². The van der Waals surface area contributed by atoms with Gasteiger partial charge in [-0.05, 0) is 49.9 Å². The van der Waals surface area contributed by atoms with Crippen LogP contribution in [0.25, 0.3) is 11.5 Å². The Morgan fingerprint density at radius 1 is 1.00 bits per heavy atom. The first kappa shape index (κ1) is 18.0. The van der Waals surface area contributed by atoms with Crippen LogP contribution in [0, 0.1) is 5.92 Å². The molecule has 1 amide bonds. The number of aromatic nitrogens is 2. The molecule has 144 valence electrons. The minimum Gasteiger partial charge on any atom is -0.463 e. The highest BCUT2D eigenvalue weighted by Gasteiger charge is 2.27. The highest BCUT2D eigenvalue weighted by Crippen LogP contribution is 2.24. The fraction of sp³-hybridized carbons (Fsp3) is 0.571. The molecule has 2 aromatic heterocycles. The minimum atomic E-state index is 0.125. The zero-order chi connectivity index (χ0) is 18.5. The Bertz CT molecular complexity index is 713. The molecule has 4 rings (SSSR count). The summed E-state index contributed by atoms with van der Waals surface area (Å²) in [7, 11) is 0. The summed E-state index contributed by atoms with van der Waals surface area (Å²) in [6.07, 6.45) is 10.8. The fourth-order valence-electron chi connectivity index (χ4n) is 4.16. The molecule has 2 fully saturated rings. The van der Waals surface area contributed by atoms with E-state index in [1.165, 1.54) is 25.7 Å². The number of anilines is 1. The topological polar surface area (TPSA) is 71.3 Å². The Kier molecular flexibility index (Phi) is 5.70. The molecule has 1 saturated heterocycles. The lowest BCUT2D eigenvalue weighted by molar-refractivity contribution is -0.126. The summed E-state index contributed by atoms with van der Waals surface area (Å²) in [6, 6.07) is 8.03. The standard InChI is InChI=1S/C21H28N4O2/c26-21(22-17-6-3-1-2-4-7-17)16-11-13-25(14-12-16)20-10-9-18(23-24-20)19-8-5-15-27-19/h5,8-10,15-17H,1-4,6-7,11-14H2,(H,22,26). The zero-order valence-electron chi connectivity index (χ0n) is 15.8. The maximum Gasteiger partial charge on any atom is 0.223 e. The Morgan fingerprint density at radius 2 is 1.78 bits per heavy atom. The molecule has 0 spiro atoms. The molecule has 6 heteroatoms. The molecule has 2 aromatic rings. The Morgan fingerprint density at radius 3 is 2.41 bits per heavy atom. The SMILES string of the molecule is O=C(NC1CCCCCC1)C1CCN(c2ccc(-c3ccco3)nn2)CC1. The average Bonchev–Trinajstić information content (AvgIpc) is 3.14. The lowest BCUT2D eigenvalue weighted by atomic mass is 9.95. The van der Waals surface area contributed by atoms with Crippen molar-refractivity contribution in [1.29, 1.82) is 0 Å². The molecule has 2 aliphatic rings. The lowest BCUT2D eigenvalue weighted by Gasteiger charge is -2.32. The van der Waals surface area contributed by atoms with Crippen LogP contribution in [-0.4, -0.2) is 35.2 Å². The van der Waals surface area contributed by atoms with E-state index in [0.29, 0.717) is 6.04 Å². The summed E-state index contributed by atoms with van der Waals surface area (Å²) < 4.78 is 5.35. The van der Waals surface area contributed by atoms with E-state index in [9.17, 15) is 4.79 Å². The maximum absolute atomic E-state index is 12.6. The fourth-order valence-corrected chi connectivity index (χ4v) is 4.16. The average molecular weight is 368 g/mol. The van der Waals surface area contributed by atoms with Crippen LogP contribution in [0.5, 0.6) is 0 Å². The number of hydrogen-bond acceptors (Lipinski definition) is 5. The summed E-state index contributed by atoms with van der Waals surface area (Å²) in [5, 5.41) is 11.9. The second-order valence-electron chi connectivity index (χ2n) is 7.71. The first-order valence-corrected chi connectivity index (χ1v) is 10.2. The molecule has 0 radical (unpaired) electrons. The first-order valence-electron chi connectivity index (χ1n) is 10.2. The molecule has 0 atom stereocenters. The Balaban J connectivity index is 1.28. The van der Waals surface area contributed by atoms with Gasteiger partial charge in [0.2, 0.25) is 5.91 Å². The van der Waals surface area contributed by atoms with Gasteiger partial charge in [0.15, 0.2) is 11.6 Å². The minimum absolute atomic E-state index is 0.125.